The lowest BCUT2D eigenvalue weighted by Gasteiger charge is -2.22. The molecule has 2 N–H and O–H groups in total. The van der Waals surface area contributed by atoms with Crippen LogP contribution in [0.4, 0.5) is 0 Å². The number of halogens is 1. The van der Waals surface area contributed by atoms with Crippen LogP contribution in [-0.4, -0.2) is 17.8 Å². The van der Waals surface area contributed by atoms with Gasteiger partial charge in [-0.25, -0.2) is 0 Å². The molecule has 17 heavy (non-hydrogen) atoms. The summed E-state index contributed by atoms with van der Waals surface area (Å²) in [4.78, 5) is 0. The Morgan fingerprint density at radius 1 is 1.41 bits per heavy atom. The normalized spacial score (nSPS) is 18.5. The van der Waals surface area contributed by atoms with Gasteiger partial charge < -0.3 is 10.4 Å². The molecule has 0 aliphatic heterocycles. The van der Waals surface area contributed by atoms with Gasteiger partial charge in [0.25, 0.3) is 0 Å². The first-order chi connectivity index (χ1) is 8.20. The number of hydrogen-bond donors (Lipinski definition) is 2. The topological polar surface area (TPSA) is 32.3 Å². The number of aliphatic hydroxyl groups is 1. The summed E-state index contributed by atoms with van der Waals surface area (Å²) in [6.07, 6.45) is 5.11. The second-order valence-electron chi connectivity index (χ2n) is 4.89. The number of hydrogen-bond acceptors (Lipinski definition) is 2. The molecule has 1 atom stereocenters. The fourth-order valence-electron chi connectivity index (χ4n) is 2.46. The van der Waals surface area contributed by atoms with Crippen molar-refractivity contribution in [1.82, 2.24) is 5.32 Å². The van der Waals surface area contributed by atoms with Gasteiger partial charge >= 0.3 is 0 Å². The van der Waals surface area contributed by atoms with Gasteiger partial charge in [0.1, 0.15) is 0 Å². The number of aryl methyl sites for hydroxylation is 1. The molecule has 0 radical (unpaired) electrons. The summed E-state index contributed by atoms with van der Waals surface area (Å²) in [6.45, 7) is 2.23. The van der Waals surface area contributed by atoms with Crippen molar-refractivity contribution in [3.05, 3.63) is 33.8 Å². The van der Waals surface area contributed by atoms with E-state index in [1.807, 2.05) is 0 Å². The molecule has 0 heterocycles. The molecule has 1 saturated carbocycles. The summed E-state index contributed by atoms with van der Waals surface area (Å²) in [5, 5.41) is 13.1. The maximum Gasteiger partial charge on any atom is 0.0626 e. The summed E-state index contributed by atoms with van der Waals surface area (Å²) in [7, 11) is 0. The minimum atomic E-state index is 0.0648. The van der Waals surface area contributed by atoms with Gasteiger partial charge in [0, 0.05) is 10.5 Å². The average molecular weight is 298 g/mol. The van der Waals surface area contributed by atoms with Gasteiger partial charge in [0.2, 0.25) is 0 Å². The SMILES string of the molecule is Cc1ccc(C(CO)NC2CCCC2)cc1Br. The molecule has 2 nitrogen and oxygen atoms in total. The fraction of sp³-hybridized carbons (Fsp3) is 0.571. The minimum absolute atomic E-state index is 0.0648. The van der Waals surface area contributed by atoms with Crippen LogP contribution in [0.1, 0.15) is 42.9 Å². The summed E-state index contributed by atoms with van der Waals surface area (Å²) in [5.41, 5.74) is 2.39. The highest BCUT2D eigenvalue weighted by atomic mass is 79.9. The second kappa shape index (κ2) is 5.98. The van der Waals surface area contributed by atoms with Crippen LogP contribution < -0.4 is 5.32 Å². The maximum atomic E-state index is 9.52. The first-order valence-electron chi connectivity index (χ1n) is 6.33. The molecule has 1 fully saturated rings. The molecule has 2 rings (SSSR count). The zero-order valence-electron chi connectivity index (χ0n) is 10.2. The largest absolute Gasteiger partial charge is 0.394 e. The van der Waals surface area contributed by atoms with Gasteiger partial charge in [-0.15, -0.1) is 0 Å². The van der Waals surface area contributed by atoms with Gasteiger partial charge in [0.05, 0.1) is 12.6 Å². The molecule has 0 spiro atoms. The Morgan fingerprint density at radius 3 is 2.71 bits per heavy atom. The van der Waals surface area contributed by atoms with Gasteiger partial charge in [-0.2, -0.15) is 0 Å². The van der Waals surface area contributed by atoms with Crippen LogP contribution in [0.25, 0.3) is 0 Å². The van der Waals surface area contributed by atoms with E-state index in [0.717, 1.165) is 10.0 Å². The molecule has 0 amide bonds. The molecule has 1 unspecified atom stereocenters. The molecule has 94 valence electrons. The van der Waals surface area contributed by atoms with Crippen molar-refractivity contribution in [3.8, 4) is 0 Å². The van der Waals surface area contributed by atoms with E-state index in [1.165, 1.54) is 31.2 Å². The Balaban J connectivity index is 2.08. The van der Waals surface area contributed by atoms with Crippen molar-refractivity contribution in [3.63, 3.8) is 0 Å². The molecule has 0 saturated heterocycles. The summed E-state index contributed by atoms with van der Waals surface area (Å²) in [6, 6.07) is 6.95. The first kappa shape index (κ1) is 13.1. The van der Waals surface area contributed by atoms with Crippen molar-refractivity contribution in [1.29, 1.82) is 0 Å². The Kier molecular flexibility index (Phi) is 4.60. The third kappa shape index (κ3) is 3.30. The van der Waals surface area contributed by atoms with E-state index >= 15 is 0 Å². The zero-order chi connectivity index (χ0) is 12.3. The minimum Gasteiger partial charge on any atom is -0.394 e. The lowest BCUT2D eigenvalue weighted by Crippen LogP contribution is -2.32. The van der Waals surface area contributed by atoms with Crippen LogP contribution in [0.3, 0.4) is 0 Å². The molecule has 0 bridgehead atoms. The summed E-state index contributed by atoms with van der Waals surface area (Å²) >= 11 is 3.55. The van der Waals surface area contributed by atoms with Crippen LogP contribution in [-0.2, 0) is 0 Å². The molecular formula is C14H20BrNO. The Hall–Kier alpha value is -0.380. The van der Waals surface area contributed by atoms with Crippen molar-refractivity contribution < 1.29 is 5.11 Å². The molecular weight excluding hydrogens is 278 g/mol. The molecule has 1 aliphatic rings. The average Bonchev–Trinajstić information content (AvgIpc) is 2.82. The third-order valence-corrected chi connectivity index (χ3v) is 4.43. The lowest BCUT2D eigenvalue weighted by molar-refractivity contribution is 0.233. The van der Waals surface area contributed by atoms with Gasteiger partial charge in [-0.3, -0.25) is 0 Å². The number of rotatable bonds is 4. The highest BCUT2D eigenvalue weighted by Crippen LogP contribution is 2.25. The smallest absolute Gasteiger partial charge is 0.0626 e. The number of nitrogens with one attached hydrogen (secondary N) is 1. The Labute approximate surface area is 112 Å². The van der Waals surface area contributed by atoms with E-state index in [2.05, 4.69) is 46.4 Å². The monoisotopic (exact) mass is 297 g/mol. The van der Waals surface area contributed by atoms with Crippen molar-refractivity contribution >= 4 is 15.9 Å². The van der Waals surface area contributed by atoms with Gasteiger partial charge in [0.15, 0.2) is 0 Å². The van der Waals surface area contributed by atoms with Crippen molar-refractivity contribution in [2.75, 3.05) is 6.61 Å². The molecule has 1 aliphatic carbocycles. The third-order valence-electron chi connectivity index (χ3n) is 3.57. The molecule has 0 aromatic heterocycles. The van der Waals surface area contributed by atoms with Crippen molar-refractivity contribution in [2.45, 2.75) is 44.7 Å². The number of benzene rings is 1. The Morgan fingerprint density at radius 2 is 2.12 bits per heavy atom. The van der Waals surface area contributed by atoms with Crippen LogP contribution in [0, 0.1) is 6.92 Å². The van der Waals surface area contributed by atoms with Gasteiger partial charge in [-0.1, -0.05) is 40.9 Å². The van der Waals surface area contributed by atoms with E-state index in [4.69, 9.17) is 0 Å². The maximum absolute atomic E-state index is 9.52. The molecule has 3 heteroatoms. The van der Waals surface area contributed by atoms with Crippen LogP contribution in [0.15, 0.2) is 22.7 Å². The Bertz CT molecular complexity index is 374. The van der Waals surface area contributed by atoms with Crippen molar-refractivity contribution in [2.24, 2.45) is 0 Å². The van der Waals surface area contributed by atoms with E-state index in [9.17, 15) is 5.11 Å². The first-order valence-corrected chi connectivity index (χ1v) is 7.13. The quantitative estimate of drug-likeness (QED) is 0.893. The predicted octanol–water partition coefficient (Wildman–Crippen LogP) is 3.32. The highest BCUT2D eigenvalue weighted by molar-refractivity contribution is 9.10. The predicted molar refractivity (Wildman–Crippen MR) is 74.1 cm³/mol. The second-order valence-corrected chi connectivity index (χ2v) is 5.75. The van der Waals surface area contributed by atoms with Crippen LogP contribution in [0.5, 0.6) is 0 Å². The molecule has 1 aromatic rings. The van der Waals surface area contributed by atoms with Crippen LogP contribution in [0.2, 0.25) is 0 Å². The molecule has 1 aromatic carbocycles. The van der Waals surface area contributed by atoms with E-state index in [-0.39, 0.29) is 12.6 Å². The lowest BCUT2D eigenvalue weighted by atomic mass is 10.0. The zero-order valence-corrected chi connectivity index (χ0v) is 11.8. The van der Waals surface area contributed by atoms with E-state index in [1.54, 1.807) is 0 Å². The standard InChI is InChI=1S/C14H20BrNO/c1-10-6-7-11(8-13(10)15)14(9-17)16-12-4-2-3-5-12/h6-8,12,14,16-17H,2-5,9H2,1H3. The van der Waals surface area contributed by atoms with Crippen LogP contribution >= 0.6 is 15.9 Å². The van der Waals surface area contributed by atoms with E-state index < -0.39 is 0 Å². The number of aliphatic hydroxyl groups excluding tert-OH is 1. The van der Waals surface area contributed by atoms with Gasteiger partial charge in [-0.05, 0) is 37.0 Å². The highest BCUT2D eigenvalue weighted by Gasteiger charge is 2.19. The summed E-state index contributed by atoms with van der Waals surface area (Å²) < 4.78 is 1.11. The fourth-order valence-corrected chi connectivity index (χ4v) is 2.85. The van der Waals surface area contributed by atoms with E-state index in [0.29, 0.717) is 6.04 Å². The summed E-state index contributed by atoms with van der Waals surface area (Å²) in [5.74, 6) is 0.